The molecule has 0 aliphatic heterocycles. The van der Waals surface area contributed by atoms with Crippen molar-refractivity contribution in [1.82, 2.24) is 5.43 Å². The lowest BCUT2D eigenvalue weighted by Crippen LogP contribution is -2.32. The van der Waals surface area contributed by atoms with E-state index in [1.165, 1.54) is 6.21 Å². The van der Waals surface area contributed by atoms with E-state index in [9.17, 15) is 22.8 Å². The van der Waals surface area contributed by atoms with Crippen molar-refractivity contribution in [2.75, 3.05) is 5.32 Å². The maximum Gasteiger partial charge on any atom is 0.416 e. The molecule has 2 N–H and O–H groups in total. The van der Waals surface area contributed by atoms with Gasteiger partial charge in [0, 0.05) is 5.69 Å². The van der Waals surface area contributed by atoms with Gasteiger partial charge in [-0.05, 0) is 58.3 Å². The summed E-state index contributed by atoms with van der Waals surface area (Å²) < 4.78 is 43.8. The van der Waals surface area contributed by atoms with Crippen molar-refractivity contribution in [1.29, 1.82) is 0 Å². The number of amides is 2. The van der Waals surface area contributed by atoms with Gasteiger partial charge in [0.1, 0.15) is 12.4 Å². The number of nitrogens with zero attached hydrogens (tertiary/aromatic N) is 1. The van der Waals surface area contributed by atoms with E-state index in [0.717, 1.165) is 40.6 Å². The third-order valence-corrected chi connectivity index (χ3v) is 5.19. The number of ether oxygens (including phenoxy) is 1. The molecule has 0 heterocycles. The molecule has 0 saturated carbocycles. The monoisotopic (exact) mass is 491 g/mol. The molecule has 0 aliphatic rings. The smallest absolute Gasteiger partial charge is 0.416 e. The Balaban J connectivity index is 1.31. The molecule has 0 fully saturated rings. The highest BCUT2D eigenvalue weighted by Gasteiger charge is 2.30. The van der Waals surface area contributed by atoms with Crippen LogP contribution in [0.2, 0.25) is 0 Å². The molecule has 6 nitrogen and oxygen atoms in total. The van der Waals surface area contributed by atoms with Crippen LogP contribution in [0.1, 0.15) is 16.7 Å². The van der Waals surface area contributed by atoms with Crippen molar-refractivity contribution < 1.29 is 27.5 Å². The molecule has 0 radical (unpaired) electrons. The summed E-state index contributed by atoms with van der Waals surface area (Å²) in [6.07, 6.45) is -3.15. The SMILES string of the molecule is O=C(N/N=C/c1cccc(OCc2cccc3ccccc23)c1)C(=O)Nc1ccc(C(F)(F)F)cc1. The van der Waals surface area contributed by atoms with Crippen LogP contribution >= 0.6 is 0 Å². The van der Waals surface area contributed by atoms with Gasteiger partial charge in [0.25, 0.3) is 0 Å². The molecule has 36 heavy (non-hydrogen) atoms. The number of carbonyl (C=O) groups excluding carboxylic acids is 2. The number of fused-ring (bicyclic) bond motifs is 1. The Hall–Kier alpha value is -4.66. The van der Waals surface area contributed by atoms with Gasteiger partial charge in [-0.3, -0.25) is 9.59 Å². The maximum atomic E-state index is 12.6. The van der Waals surface area contributed by atoms with Crippen molar-refractivity contribution in [2.45, 2.75) is 12.8 Å². The van der Waals surface area contributed by atoms with E-state index in [1.807, 2.05) is 42.5 Å². The first-order valence-corrected chi connectivity index (χ1v) is 10.8. The van der Waals surface area contributed by atoms with Crippen LogP contribution in [0.3, 0.4) is 0 Å². The average molecular weight is 491 g/mol. The summed E-state index contributed by atoms with van der Waals surface area (Å²) in [5.41, 5.74) is 2.92. The molecule has 182 valence electrons. The van der Waals surface area contributed by atoms with Crippen LogP contribution in [-0.4, -0.2) is 18.0 Å². The molecule has 0 aliphatic carbocycles. The van der Waals surface area contributed by atoms with Crippen LogP contribution in [0.4, 0.5) is 18.9 Å². The standard InChI is InChI=1S/C27H20F3N3O3/c28-27(29,30)21-11-13-22(14-12-21)32-25(34)26(35)33-31-16-18-5-3-9-23(15-18)36-17-20-8-4-7-19-6-1-2-10-24(19)20/h1-16H,17H2,(H,32,34)(H,33,35)/b31-16+. The van der Waals surface area contributed by atoms with Crippen molar-refractivity contribution in [3.8, 4) is 5.75 Å². The molecule has 4 aromatic rings. The zero-order valence-corrected chi connectivity index (χ0v) is 18.8. The van der Waals surface area contributed by atoms with Gasteiger partial charge in [-0.15, -0.1) is 0 Å². The van der Waals surface area contributed by atoms with E-state index >= 15 is 0 Å². The topological polar surface area (TPSA) is 79.8 Å². The first-order valence-electron chi connectivity index (χ1n) is 10.8. The van der Waals surface area contributed by atoms with E-state index in [2.05, 4.69) is 15.8 Å². The molecule has 0 spiro atoms. The molecule has 0 bridgehead atoms. The van der Waals surface area contributed by atoms with Crippen molar-refractivity contribution in [2.24, 2.45) is 5.10 Å². The molecular formula is C27H20F3N3O3. The second kappa shape index (κ2) is 10.7. The summed E-state index contributed by atoms with van der Waals surface area (Å²) in [6, 6.07) is 24.8. The number of hydrogen-bond acceptors (Lipinski definition) is 4. The second-order valence-electron chi connectivity index (χ2n) is 7.73. The Morgan fingerprint density at radius 3 is 2.36 bits per heavy atom. The summed E-state index contributed by atoms with van der Waals surface area (Å²) in [5, 5.41) is 8.20. The molecule has 0 aromatic heterocycles. The summed E-state index contributed by atoms with van der Waals surface area (Å²) in [7, 11) is 0. The van der Waals surface area contributed by atoms with Gasteiger partial charge in [0.15, 0.2) is 0 Å². The van der Waals surface area contributed by atoms with Crippen LogP contribution in [0.5, 0.6) is 5.75 Å². The number of carbonyl (C=O) groups is 2. The highest BCUT2D eigenvalue weighted by molar-refractivity contribution is 6.39. The number of anilines is 1. The number of halogens is 3. The van der Waals surface area contributed by atoms with Gasteiger partial charge < -0.3 is 10.1 Å². The van der Waals surface area contributed by atoms with E-state index < -0.39 is 23.6 Å². The number of hydrogen-bond donors (Lipinski definition) is 2. The summed E-state index contributed by atoms with van der Waals surface area (Å²) in [5.74, 6) is -1.55. The van der Waals surface area contributed by atoms with Gasteiger partial charge in [-0.2, -0.15) is 18.3 Å². The lowest BCUT2D eigenvalue weighted by molar-refractivity contribution is -0.137. The van der Waals surface area contributed by atoms with Gasteiger partial charge in [0.05, 0.1) is 11.8 Å². The average Bonchev–Trinajstić information content (AvgIpc) is 2.87. The van der Waals surface area contributed by atoms with E-state index in [4.69, 9.17) is 4.74 Å². The summed E-state index contributed by atoms with van der Waals surface area (Å²) in [6.45, 7) is 0.364. The molecular weight excluding hydrogens is 471 g/mol. The lowest BCUT2D eigenvalue weighted by Gasteiger charge is -2.09. The Kier molecular flexibility index (Phi) is 7.29. The third-order valence-electron chi connectivity index (χ3n) is 5.19. The molecule has 0 atom stereocenters. The largest absolute Gasteiger partial charge is 0.489 e. The fourth-order valence-corrected chi connectivity index (χ4v) is 3.41. The van der Waals surface area contributed by atoms with Crippen LogP contribution in [0.15, 0.2) is 96.1 Å². The van der Waals surface area contributed by atoms with Crippen LogP contribution in [0.25, 0.3) is 10.8 Å². The predicted molar refractivity (Wildman–Crippen MR) is 131 cm³/mol. The van der Waals surface area contributed by atoms with E-state index in [0.29, 0.717) is 17.9 Å². The van der Waals surface area contributed by atoms with Crippen LogP contribution in [-0.2, 0) is 22.4 Å². The number of nitrogens with one attached hydrogen (secondary N) is 2. The first-order chi connectivity index (χ1) is 17.3. The molecule has 0 unspecified atom stereocenters. The predicted octanol–water partition coefficient (Wildman–Crippen LogP) is 5.53. The van der Waals surface area contributed by atoms with Gasteiger partial charge >= 0.3 is 18.0 Å². The minimum Gasteiger partial charge on any atom is -0.489 e. The normalized spacial score (nSPS) is 11.4. The van der Waals surface area contributed by atoms with E-state index in [-0.39, 0.29) is 5.69 Å². The molecule has 0 saturated heterocycles. The van der Waals surface area contributed by atoms with Crippen molar-refractivity contribution in [3.05, 3.63) is 108 Å². The number of benzene rings is 4. The molecule has 4 aromatic carbocycles. The Morgan fingerprint density at radius 2 is 1.58 bits per heavy atom. The fourth-order valence-electron chi connectivity index (χ4n) is 3.41. The highest BCUT2D eigenvalue weighted by atomic mass is 19.4. The molecule has 2 amide bonds. The highest BCUT2D eigenvalue weighted by Crippen LogP contribution is 2.29. The number of alkyl halides is 3. The zero-order chi connectivity index (χ0) is 25.5. The Morgan fingerprint density at radius 1 is 0.861 bits per heavy atom. The van der Waals surface area contributed by atoms with Crippen LogP contribution < -0.4 is 15.5 Å². The number of rotatable bonds is 6. The summed E-state index contributed by atoms with van der Waals surface area (Å²) >= 11 is 0. The fraction of sp³-hybridized carbons (Fsp3) is 0.0741. The lowest BCUT2D eigenvalue weighted by atomic mass is 10.1. The summed E-state index contributed by atoms with van der Waals surface area (Å²) in [4.78, 5) is 23.9. The van der Waals surface area contributed by atoms with Gasteiger partial charge in [-0.1, -0.05) is 54.6 Å². The molecule has 9 heteroatoms. The zero-order valence-electron chi connectivity index (χ0n) is 18.8. The van der Waals surface area contributed by atoms with Gasteiger partial charge in [0.2, 0.25) is 0 Å². The second-order valence-corrected chi connectivity index (χ2v) is 7.73. The van der Waals surface area contributed by atoms with Crippen molar-refractivity contribution >= 4 is 34.5 Å². The number of hydrazone groups is 1. The minimum atomic E-state index is -4.49. The van der Waals surface area contributed by atoms with E-state index in [1.54, 1.807) is 24.3 Å². The Bertz CT molecular complexity index is 1410. The molecule has 4 rings (SSSR count). The quantitative estimate of drug-likeness (QED) is 0.212. The minimum absolute atomic E-state index is 0.0446. The van der Waals surface area contributed by atoms with Crippen molar-refractivity contribution in [3.63, 3.8) is 0 Å². The van der Waals surface area contributed by atoms with Crippen LogP contribution in [0, 0.1) is 0 Å². The third kappa shape index (κ3) is 6.26. The van der Waals surface area contributed by atoms with Gasteiger partial charge in [-0.25, -0.2) is 5.43 Å². The maximum absolute atomic E-state index is 12.6. The Labute approximate surface area is 204 Å². The first kappa shape index (κ1) is 24.5.